The van der Waals surface area contributed by atoms with Crippen LogP contribution in [-0.2, 0) is 9.53 Å². The number of hydrogen-bond acceptors (Lipinski definition) is 3. The van der Waals surface area contributed by atoms with Gasteiger partial charge in [0.2, 0.25) is 5.91 Å². The molecule has 0 bridgehead atoms. The number of allylic oxidation sites excluding steroid dienone is 2. The summed E-state index contributed by atoms with van der Waals surface area (Å²) in [6, 6.07) is 7.59. The van der Waals surface area contributed by atoms with Crippen molar-refractivity contribution >= 4 is 22.8 Å². The Morgan fingerprint density at radius 2 is 2.05 bits per heavy atom. The SMILES string of the molecule is C/C=C/CC(C(=O)OC)c1cn(C(C)=O)c2ccccc12. The van der Waals surface area contributed by atoms with Gasteiger partial charge in [0.25, 0.3) is 0 Å². The average Bonchev–Trinajstić information content (AvgIpc) is 2.87. The fraction of sp³-hybridized carbons (Fsp3) is 0.294. The lowest BCUT2D eigenvalue weighted by atomic mass is 9.95. The molecule has 4 nitrogen and oxygen atoms in total. The predicted octanol–water partition coefficient (Wildman–Crippen LogP) is 3.52. The van der Waals surface area contributed by atoms with Crippen LogP contribution in [0.1, 0.15) is 36.5 Å². The number of benzene rings is 1. The van der Waals surface area contributed by atoms with Crippen molar-refractivity contribution in [2.45, 2.75) is 26.2 Å². The zero-order valence-corrected chi connectivity index (χ0v) is 12.5. The van der Waals surface area contributed by atoms with Gasteiger partial charge >= 0.3 is 5.97 Å². The van der Waals surface area contributed by atoms with Crippen LogP contribution >= 0.6 is 0 Å². The molecule has 0 aliphatic carbocycles. The van der Waals surface area contributed by atoms with E-state index in [1.165, 1.54) is 14.0 Å². The van der Waals surface area contributed by atoms with Crippen LogP contribution in [0, 0.1) is 0 Å². The Balaban J connectivity index is 2.62. The number of carbonyl (C=O) groups is 2. The van der Waals surface area contributed by atoms with Gasteiger partial charge in [-0.25, -0.2) is 0 Å². The van der Waals surface area contributed by atoms with E-state index < -0.39 is 5.92 Å². The van der Waals surface area contributed by atoms with Gasteiger partial charge < -0.3 is 4.74 Å². The van der Waals surface area contributed by atoms with Crippen LogP contribution < -0.4 is 0 Å². The Labute approximate surface area is 124 Å². The third-order valence-electron chi connectivity index (χ3n) is 3.55. The van der Waals surface area contributed by atoms with Gasteiger partial charge in [0.15, 0.2) is 0 Å². The molecule has 110 valence electrons. The van der Waals surface area contributed by atoms with Gasteiger partial charge in [0, 0.05) is 18.5 Å². The number of esters is 1. The predicted molar refractivity (Wildman–Crippen MR) is 82.4 cm³/mol. The monoisotopic (exact) mass is 285 g/mol. The summed E-state index contributed by atoms with van der Waals surface area (Å²) in [5, 5.41) is 0.910. The van der Waals surface area contributed by atoms with Crippen LogP contribution in [0.25, 0.3) is 10.9 Å². The Bertz CT molecular complexity index is 697. The van der Waals surface area contributed by atoms with Crippen LogP contribution in [0.3, 0.4) is 0 Å². The minimum Gasteiger partial charge on any atom is -0.469 e. The number of nitrogens with zero attached hydrogens (tertiary/aromatic N) is 1. The summed E-state index contributed by atoms with van der Waals surface area (Å²) >= 11 is 0. The molecule has 1 unspecified atom stereocenters. The Morgan fingerprint density at radius 3 is 2.67 bits per heavy atom. The highest BCUT2D eigenvalue weighted by atomic mass is 16.5. The number of hydrogen-bond donors (Lipinski definition) is 0. The van der Waals surface area contributed by atoms with Crippen molar-refractivity contribution in [1.82, 2.24) is 4.57 Å². The first-order valence-corrected chi connectivity index (χ1v) is 6.90. The van der Waals surface area contributed by atoms with Crippen LogP contribution in [-0.4, -0.2) is 23.6 Å². The summed E-state index contributed by atoms with van der Waals surface area (Å²) in [6.07, 6.45) is 6.13. The minimum atomic E-state index is -0.406. The molecule has 4 heteroatoms. The molecule has 21 heavy (non-hydrogen) atoms. The topological polar surface area (TPSA) is 48.3 Å². The quantitative estimate of drug-likeness (QED) is 0.638. The highest BCUT2D eigenvalue weighted by Crippen LogP contribution is 2.31. The van der Waals surface area contributed by atoms with Crippen LogP contribution in [0.2, 0.25) is 0 Å². The largest absolute Gasteiger partial charge is 0.469 e. The number of aromatic nitrogens is 1. The van der Waals surface area contributed by atoms with Crippen LogP contribution in [0.4, 0.5) is 0 Å². The van der Waals surface area contributed by atoms with Gasteiger partial charge in [0.1, 0.15) is 0 Å². The molecule has 0 saturated heterocycles. The number of ether oxygens (including phenoxy) is 1. The van der Waals surface area contributed by atoms with E-state index in [0.717, 1.165) is 16.5 Å². The second-order valence-corrected chi connectivity index (χ2v) is 4.87. The maximum absolute atomic E-state index is 12.1. The zero-order chi connectivity index (χ0) is 15.4. The van der Waals surface area contributed by atoms with E-state index in [1.54, 1.807) is 10.8 Å². The normalized spacial score (nSPS) is 12.7. The fourth-order valence-corrected chi connectivity index (χ4v) is 2.51. The second-order valence-electron chi connectivity index (χ2n) is 4.87. The van der Waals surface area contributed by atoms with Crippen molar-refractivity contribution in [1.29, 1.82) is 0 Å². The molecule has 0 amide bonds. The standard InChI is InChI=1S/C17H19NO3/c1-4-5-8-14(17(20)21-3)15-11-18(12(2)19)16-10-7-6-9-13(15)16/h4-7,9-11,14H,8H2,1-3H3/b5-4+. The van der Waals surface area contributed by atoms with E-state index in [4.69, 9.17) is 4.74 Å². The zero-order valence-electron chi connectivity index (χ0n) is 12.5. The molecule has 1 aromatic heterocycles. The molecule has 2 aromatic rings. The van der Waals surface area contributed by atoms with E-state index >= 15 is 0 Å². The summed E-state index contributed by atoms with van der Waals surface area (Å²) in [5.41, 5.74) is 1.64. The molecule has 0 fully saturated rings. The maximum Gasteiger partial charge on any atom is 0.313 e. The average molecular weight is 285 g/mol. The lowest BCUT2D eigenvalue weighted by Gasteiger charge is -2.11. The van der Waals surface area contributed by atoms with Gasteiger partial charge in [-0.3, -0.25) is 14.2 Å². The summed E-state index contributed by atoms with van der Waals surface area (Å²) in [4.78, 5) is 23.9. The van der Waals surface area contributed by atoms with Gasteiger partial charge in [-0.15, -0.1) is 0 Å². The Hall–Kier alpha value is -2.36. The van der Waals surface area contributed by atoms with Crippen molar-refractivity contribution in [3.63, 3.8) is 0 Å². The van der Waals surface area contributed by atoms with Crippen LogP contribution in [0.15, 0.2) is 42.6 Å². The molecule has 0 N–H and O–H groups in total. The van der Waals surface area contributed by atoms with Gasteiger partial charge in [-0.05, 0) is 25.0 Å². The van der Waals surface area contributed by atoms with Gasteiger partial charge in [-0.1, -0.05) is 30.4 Å². The molecule has 1 aromatic carbocycles. The number of carbonyl (C=O) groups excluding carboxylic acids is 2. The fourth-order valence-electron chi connectivity index (χ4n) is 2.51. The number of fused-ring (bicyclic) bond motifs is 1. The van der Waals surface area contributed by atoms with Crippen molar-refractivity contribution in [3.8, 4) is 0 Å². The molecule has 0 spiro atoms. The number of rotatable bonds is 4. The first kappa shape index (κ1) is 15.0. The van der Waals surface area contributed by atoms with Crippen molar-refractivity contribution in [2.75, 3.05) is 7.11 Å². The number of para-hydroxylation sites is 1. The molecule has 1 atom stereocenters. The molecule has 0 radical (unpaired) electrons. The highest BCUT2D eigenvalue weighted by molar-refractivity contribution is 5.96. The van der Waals surface area contributed by atoms with Crippen molar-refractivity contribution in [2.24, 2.45) is 0 Å². The van der Waals surface area contributed by atoms with E-state index in [9.17, 15) is 9.59 Å². The smallest absolute Gasteiger partial charge is 0.313 e. The molecule has 0 saturated carbocycles. The molecule has 0 aliphatic heterocycles. The Kier molecular flexibility index (Phi) is 4.58. The van der Waals surface area contributed by atoms with Crippen LogP contribution in [0.5, 0.6) is 0 Å². The van der Waals surface area contributed by atoms with Gasteiger partial charge in [0.05, 0.1) is 18.5 Å². The molecular weight excluding hydrogens is 266 g/mol. The maximum atomic E-state index is 12.1. The third-order valence-corrected chi connectivity index (χ3v) is 3.55. The van der Waals surface area contributed by atoms with E-state index in [2.05, 4.69) is 0 Å². The van der Waals surface area contributed by atoms with Crippen molar-refractivity contribution < 1.29 is 14.3 Å². The summed E-state index contributed by atoms with van der Waals surface area (Å²) < 4.78 is 6.50. The van der Waals surface area contributed by atoms with E-state index in [-0.39, 0.29) is 11.9 Å². The number of methoxy groups -OCH3 is 1. The minimum absolute atomic E-state index is 0.0768. The molecule has 2 rings (SSSR count). The van der Waals surface area contributed by atoms with E-state index in [0.29, 0.717) is 6.42 Å². The first-order valence-electron chi connectivity index (χ1n) is 6.90. The second kappa shape index (κ2) is 6.39. The van der Waals surface area contributed by atoms with Gasteiger partial charge in [-0.2, -0.15) is 0 Å². The molecule has 0 aliphatic rings. The molecule has 1 heterocycles. The first-order chi connectivity index (χ1) is 10.1. The third kappa shape index (κ3) is 2.89. The van der Waals surface area contributed by atoms with E-state index in [1.807, 2.05) is 43.3 Å². The highest BCUT2D eigenvalue weighted by Gasteiger charge is 2.25. The summed E-state index contributed by atoms with van der Waals surface area (Å²) in [5.74, 6) is -0.775. The van der Waals surface area contributed by atoms with Crippen molar-refractivity contribution in [3.05, 3.63) is 48.2 Å². The lowest BCUT2D eigenvalue weighted by molar-refractivity contribution is -0.142. The summed E-state index contributed by atoms with van der Waals surface area (Å²) in [7, 11) is 1.38. The molecular formula is C17H19NO3. The summed E-state index contributed by atoms with van der Waals surface area (Å²) in [6.45, 7) is 3.42. The lowest BCUT2D eigenvalue weighted by Crippen LogP contribution is -2.13. The Morgan fingerprint density at radius 1 is 1.33 bits per heavy atom.